The number of aromatic nitrogens is 6. The summed E-state index contributed by atoms with van der Waals surface area (Å²) in [4.78, 5) is 8.56. The van der Waals surface area contributed by atoms with Crippen molar-refractivity contribution >= 4 is 32.7 Å². The zero-order valence-corrected chi connectivity index (χ0v) is 21.3. The summed E-state index contributed by atoms with van der Waals surface area (Å²) in [6.45, 7) is 2.77. The predicted octanol–water partition coefficient (Wildman–Crippen LogP) is 6.00. The highest BCUT2D eigenvalue weighted by molar-refractivity contribution is 9.10. The molecule has 4 aromatic rings. The van der Waals surface area contributed by atoms with Gasteiger partial charge in [-0.05, 0) is 54.6 Å². The van der Waals surface area contributed by atoms with Gasteiger partial charge in [-0.25, -0.2) is 9.97 Å². The average molecular weight is 564 g/mol. The predicted molar refractivity (Wildman–Crippen MR) is 133 cm³/mol. The van der Waals surface area contributed by atoms with Crippen LogP contribution >= 0.6 is 15.9 Å². The Morgan fingerprint density at radius 1 is 1.17 bits per heavy atom. The number of pyridine rings is 2. The first-order valence-electron chi connectivity index (χ1n) is 11.7. The highest BCUT2D eigenvalue weighted by Crippen LogP contribution is 2.40. The highest BCUT2D eigenvalue weighted by Gasteiger charge is 2.35. The molecule has 0 aliphatic heterocycles. The molecule has 0 saturated heterocycles. The molecule has 0 atom stereocenters. The maximum Gasteiger partial charge on any atom is 0.417 e. The van der Waals surface area contributed by atoms with E-state index in [0.29, 0.717) is 12.8 Å². The highest BCUT2D eigenvalue weighted by atomic mass is 79.9. The lowest BCUT2D eigenvalue weighted by molar-refractivity contribution is -0.138. The van der Waals surface area contributed by atoms with Gasteiger partial charge in [0.1, 0.15) is 17.6 Å². The number of rotatable bonds is 6. The number of hydrogen-bond donors (Lipinski definition) is 1. The summed E-state index contributed by atoms with van der Waals surface area (Å²) in [5, 5.41) is 13.5. The summed E-state index contributed by atoms with van der Waals surface area (Å²) in [6, 6.07) is 3.07. The molecule has 0 radical (unpaired) electrons. The van der Waals surface area contributed by atoms with Crippen molar-refractivity contribution in [1.82, 2.24) is 29.5 Å². The van der Waals surface area contributed by atoms with Gasteiger partial charge < -0.3 is 10.1 Å². The molecule has 4 heterocycles. The number of nitrogens with one attached hydrogen (secondary N) is 1. The smallest absolute Gasteiger partial charge is 0.417 e. The van der Waals surface area contributed by atoms with Crippen LogP contribution < -0.4 is 10.1 Å². The summed E-state index contributed by atoms with van der Waals surface area (Å²) in [5.74, 6) is 0.749. The second-order valence-corrected chi connectivity index (χ2v) is 9.63. The van der Waals surface area contributed by atoms with E-state index in [-0.39, 0.29) is 22.5 Å². The standard InChI is InChI=1S/C24H25BrF3N7O/c1-3-29-20-10-19-17(12-31-20)22(14-11-32-34(2)13-14)33-35(19)15-4-6-16(7-5-15)36-23-21(25)18(8-9-30-23)24(26,27)28/h8-13,15-16H,3-7H2,1-2H3,(H,29,31). The lowest BCUT2D eigenvalue weighted by Crippen LogP contribution is -2.27. The van der Waals surface area contributed by atoms with E-state index in [1.165, 1.54) is 0 Å². The summed E-state index contributed by atoms with van der Waals surface area (Å²) >= 11 is 3.03. The number of aryl methyl sites for hydroxylation is 1. The van der Waals surface area contributed by atoms with Crippen molar-refractivity contribution < 1.29 is 17.9 Å². The third-order valence-electron chi connectivity index (χ3n) is 6.36. The molecule has 0 bridgehead atoms. The molecule has 0 unspecified atom stereocenters. The Labute approximate surface area is 214 Å². The summed E-state index contributed by atoms with van der Waals surface area (Å²) in [7, 11) is 1.86. The molecule has 1 N–H and O–H groups in total. The van der Waals surface area contributed by atoms with E-state index < -0.39 is 11.7 Å². The van der Waals surface area contributed by atoms with Crippen molar-refractivity contribution in [3.63, 3.8) is 0 Å². The first kappa shape index (κ1) is 24.5. The fourth-order valence-electron chi connectivity index (χ4n) is 4.64. The molecule has 1 saturated carbocycles. The fourth-order valence-corrected chi connectivity index (χ4v) is 5.19. The lowest BCUT2D eigenvalue weighted by atomic mass is 9.93. The van der Waals surface area contributed by atoms with Gasteiger partial charge in [0.25, 0.3) is 0 Å². The van der Waals surface area contributed by atoms with Gasteiger partial charge in [0, 0.05) is 49.2 Å². The fraction of sp³-hybridized carbons (Fsp3) is 0.417. The molecule has 8 nitrogen and oxygen atoms in total. The van der Waals surface area contributed by atoms with E-state index in [0.717, 1.165) is 59.6 Å². The average Bonchev–Trinajstić information content (AvgIpc) is 3.44. The van der Waals surface area contributed by atoms with Gasteiger partial charge in [0.05, 0.1) is 27.8 Å². The summed E-state index contributed by atoms with van der Waals surface area (Å²) < 4.78 is 49.2. The van der Waals surface area contributed by atoms with Crippen molar-refractivity contribution in [3.8, 4) is 17.1 Å². The van der Waals surface area contributed by atoms with Crippen molar-refractivity contribution in [1.29, 1.82) is 0 Å². The monoisotopic (exact) mass is 563 g/mol. The molecule has 0 amide bonds. The van der Waals surface area contributed by atoms with E-state index in [4.69, 9.17) is 9.84 Å². The van der Waals surface area contributed by atoms with Crippen molar-refractivity contribution in [2.24, 2.45) is 7.05 Å². The molecule has 4 aromatic heterocycles. The molecule has 5 rings (SSSR count). The van der Waals surface area contributed by atoms with Gasteiger partial charge >= 0.3 is 6.18 Å². The summed E-state index contributed by atoms with van der Waals surface area (Å²) in [6.07, 6.45) is 4.84. The Hall–Kier alpha value is -3.15. The number of alkyl halides is 3. The molecule has 1 aliphatic carbocycles. The lowest BCUT2D eigenvalue weighted by Gasteiger charge is -2.29. The second kappa shape index (κ2) is 9.72. The topological polar surface area (TPSA) is 82.7 Å². The Balaban J connectivity index is 1.38. The number of fused-ring (bicyclic) bond motifs is 1. The Bertz CT molecular complexity index is 1380. The van der Waals surface area contributed by atoms with Crippen LogP contribution in [0.25, 0.3) is 22.2 Å². The number of hydrogen-bond acceptors (Lipinski definition) is 6. The first-order chi connectivity index (χ1) is 17.2. The number of ether oxygens (including phenoxy) is 1. The van der Waals surface area contributed by atoms with Crippen LogP contribution in [0.15, 0.2) is 41.4 Å². The number of nitrogens with zero attached hydrogens (tertiary/aromatic N) is 6. The second-order valence-electron chi connectivity index (χ2n) is 8.84. The molecule has 36 heavy (non-hydrogen) atoms. The molecule has 190 valence electrons. The van der Waals surface area contributed by atoms with Gasteiger partial charge in [-0.1, -0.05) is 0 Å². The van der Waals surface area contributed by atoms with Crippen LogP contribution in [-0.2, 0) is 13.2 Å². The summed E-state index contributed by atoms with van der Waals surface area (Å²) in [5.41, 5.74) is 1.92. The Kier molecular flexibility index (Phi) is 6.62. The van der Waals surface area contributed by atoms with E-state index in [9.17, 15) is 13.2 Å². The Morgan fingerprint density at radius 2 is 1.94 bits per heavy atom. The van der Waals surface area contributed by atoms with E-state index in [1.807, 2.05) is 32.4 Å². The van der Waals surface area contributed by atoms with Crippen LogP contribution in [0.5, 0.6) is 5.88 Å². The maximum absolute atomic E-state index is 13.2. The molecule has 1 aliphatic rings. The van der Waals surface area contributed by atoms with Crippen LogP contribution in [0.3, 0.4) is 0 Å². The van der Waals surface area contributed by atoms with Crippen LogP contribution in [0.4, 0.5) is 19.0 Å². The molecular weight excluding hydrogens is 539 g/mol. The molecule has 0 spiro atoms. The Morgan fingerprint density at radius 3 is 2.61 bits per heavy atom. The van der Waals surface area contributed by atoms with Gasteiger partial charge in [0.15, 0.2) is 0 Å². The quantitative estimate of drug-likeness (QED) is 0.309. The minimum absolute atomic E-state index is 0.0296. The van der Waals surface area contributed by atoms with Crippen LogP contribution in [-0.4, -0.2) is 42.2 Å². The van der Waals surface area contributed by atoms with Gasteiger partial charge in [-0.2, -0.15) is 23.4 Å². The first-order valence-corrected chi connectivity index (χ1v) is 12.5. The molecule has 1 fully saturated rings. The molecule has 12 heteroatoms. The minimum atomic E-state index is -4.48. The minimum Gasteiger partial charge on any atom is -0.474 e. The number of halogens is 4. The van der Waals surface area contributed by atoms with Crippen molar-refractivity contribution in [2.75, 3.05) is 11.9 Å². The zero-order valence-electron chi connectivity index (χ0n) is 19.8. The molecule has 0 aromatic carbocycles. The third-order valence-corrected chi connectivity index (χ3v) is 7.12. The van der Waals surface area contributed by atoms with Crippen molar-refractivity contribution in [3.05, 3.63) is 47.0 Å². The van der Waals surface area contributed by atoms with E-state index >= 15 is 0 Å². The van der Waals surface area contributed by atoms with E-state index in [1.54, 1.807) is 10.9 Å². The van der Waals surface area contributed by atoms with Gasteiger partial charge in [-0.3, -0.25) is 9.36 Å². The SMILES string of the molecule is CCNc1cc2c(cn1)c(-c1cnn(C)c1)nn2C1CCC(Oc2nccc(C(F)(F)F)c2Br)CC1. The normalized spacial score (nSPS) is 18.5. The van der Waals surface area contributed by atoms with Crippen molar-refractivity contribution in [2.45, 2.75) is 50.9 Å². The van der Waals surface area contributed by atoms with Gasteiger partial charge in [0.2, 0.25) is 5.88 Å². The maximum atomic E-state index is 13.2. The van der Waals surface area contributed by atoms with Crippen LogP contribution in [0.1, 0.15) is 44.2 Å². The van der Waals surface area contributed by atoms with E-state index in [2.05, 4.69) is 41.0 Å². The molecular formula is C24H25BrF3N7O. The zero-order chi connectivity index (χ0) is 25.4. The number of anilines is 1. The third kappa shape index (κ3) is 4.78. The van der Waals surface area contributed by atoms with Crippen LogP contribution in [0.2, 0.25) is 0 Å². The largest absolute Gasteiger partial charge is 0.474 e. The van der Waals surface area contributed by atoms with Crippen LogP contribution in [0, 0.1) is 0 Å². The van der Waals surface area contributed by atoms with Gasteiger partial charge in [-0.15, -0.1) is 0 Å².